The largest absolute Gasteiger partial charge is 0.497 e. The third-order valence-corrected chi connectivity index (χ3v) is 13.8. The van der Waals surface area contributed by atoms with E-state index in [-0.39, 0.29) is 55.8 Å². The summed E-state index contributed by atoms with van der Waals surface area (Å²) in [5.41, 5.74) is 0.519. The molecule has 15 nitrogen and oxygen atoms in total. The Balaban J connectivity index is 1.41. The molecule has 1 unspecified atom stereocenters. The number of aromatic amines is 1. The first-order valence-corrected chi connectivity index (χ1v) is 23.2. The predicted molar refractivity (Wildman–Crippen MR) is 253 cm³/mol. The molecular formula is C50H63N4O11P. The van der Waals surface area contributed by atoms with Crippen LogP contribution in [0.25, 0.3) is 0 Å². The number of aryl methyl sites for hydroxylation is 1. The second kappa shape index (κ2) is 21.9. The van der Waals surface area contributed by atoms with Crippen LogP contribution in [-0.4, -0.2) is 101 Å². The Morgan fingerprint density at radius 2 is 1.32 bits per heavy atom. The summed E-state index contributed by atoms with van der Waals surface area (Å²) in [6, 6.07) is 31.4. The number of aromatic nitrogens is 2. The smallest absolute Gasteiger partial charge is 0.330 e. The highest BCUT2D eigenvalue weighted by molar-refractivity contribution is 7.44. The molecule has 4 atom stereocenters. The number of amides is 1. The lowest BCUT2D eigenvalue weighted by Crippen LogP contribution is -2.47. The van der Waals surface area contributed by atoms with E-state index in [1.807, 2.05) is 125 Å². The predicted octanol–water partition coefficient (Wildman–Crippen LogP) is 7.79. The van der Waals surface area contributed by atoms with Gasteiger partial charge in [-0.25, -0.2) is 9.46 Å². The molecule has 5 aromatic rings. The van der Waals surface area contributed by atoms with Gasteiger partial charge in [0.25, 0.3) is 20.0 Å². The van der Waals surface area contributed by atoms with E-state index in [4.69, 9.17) is 32.7 Å². The summed E-state index contributed by atoms with van der Waals surface area (Å²) in [6.45, 7) is 13.5. The lowest BCUT2D eigenvalue weighted by atomic mass is 9.80. The molecule has 2 heterocycles. The number of methoxy groups -OCH3 is 3. The molecule has 1 fully saturated rings. The van der Waals surface area contributed by atoms with E-state index in [2.05, 4.69) is 4.98 Å². The molecule has 16 heteroatoms. The van der Waals surface area contributed by atoms with Crippen LogP contribution in [0.15, 0.2) is 119 Å². The van der Waals surface area contributed by atoms with Crippen LogP contribution in [0.3, 0.4) is 0 Å². The lowest BCUT2D eigenvalue weighted by Gasteiger charge is -2.41. The Bertz CT molecular complexity index is 2410. The van der Waals surface area contributed by atoms with Crippen molar-refractivity contribution in [2.24, 2.45) is 0 Å². The first kappa shape index (κ1) is 50.0. The number of carbonyl (C=O) groups is 1. The Kier molecular flexibility index (Phi) is 16.6. The maximum atomic E-state index is 13.8. The molecule has 0 aliphatic carbocycles. The topological polar surface area (TPSA) is 163 Å². The molecule has 0 spiro atoms. The minimum atomic E-state index is -2.14. The average molecular weight is 927 g/mol. The highest BCUT2D eigenvalue weighted by Crippen LogP contribution is 2.54. The van der Waals surface area contributed by atoms with Crippen LogP contribution in [0.1, 0.15) is 86.8 Å². The maximum absolute atomic E-state index is 13.8. The molecule has 0 radical (unpaired) electrons. The number of aliphatic hydroxyl groups is 1. The van der Waals surface area contributed by atoms with E-state index < -0.39 is 43.5 Å². The van der Waals surface area contributed by atoms with Gasteiger partial charge in [0.15, 0.2) is 0 Å². The van der Waals surface area contributed by atoms with Crippen molar-refractivity contribution >= 4 is 14.4 Å². The minimum absolute atomic E-state index is 0.0634. The molecular weight excluding hydrogens is 864 g/mol. The molecule has 4 aromatic carbocycles. The van der Waals surface area contributed by atoms with Crippen LogP contribution in [0.5, 0.6) is 17.2 Å². The number of benzene rings is 4. The van der Waals surface area contributed by atoms with E-state index in [0.717, 1.165) is 16.7 Å². The van der Waals surface area contributed by atoms with Gasteiger partial charge in [0.1, 0.15) is 35.2 Å². The molecule has 354 valence electrons. The van der Waals surface area contributed by atoms with Gasteiger partial charge in [0.2, 0.25) is 5.79 Å². The van der Waals surface area contributed by atoms with Crippen LogP contribution in [0.4, 0.5) is 0 Å². The van der Waals surface area contributed by atoms with Gasteiger partial charge in [0.05, 0.1) is 41.0 Å². The van der Waals surface area contributed by atoms with Crippen molar-refractivity contribution in [1.82, 2.24) is 19.1 Å². The number of nitrogens with one attached hydrogen (secondary N) is 1. The number of hydrogen-bond donors (Lipinski definition) is 2. The van der Waals surface area contributed by atoms with Crippen molar-refractivity contribution in [2.45, 2.75) is 96.7 Å². The van der Waals surface area contributed by atoms with Gasteiger partial charge in [-0.1, -0.05) is 54.6 Å². The van der Waals surface area contributed by atoms with E-state index in [1.54, 1.807) is 57.4 Å². The normalized spacial score (nSPS) is 18.0. The van der Waals surface area contributed by atoms with Crippen molar-refractivity contribution in [1.29, 1.82) is 0 Å². The quantitative estimate of drug-likeness (QED) is 0.0418. The van der Waals surface area contributed by atoms with E-state index in [9.17, 15) is 19.5 Å². The maximum Gasteiger partial charge on any atom is 0.330 e. The third kappa shape index (κ3) is 11.1. The van der Waals surface area contributed by atoms with Crippen molar-refractivity contribution < 1.29 is 42.6 Å². The van der Waals surface area contributed by atoms with Crippen molar-refractivity contribution in [2.75, 3.05) is 41.1 Å². The molecule has 2 N–H and O–H groups in total. The zero-order valence-corrected chi connectivity index (χ0v) is 40.3. The van der Waals surface area contributed by atoms with Crippen molar-refractivity contribution in [3.05, 3.63) is 158 Å². The molecule has 6 rings (SSSR count). The molecule has 1 aromatic heterocycles. The minimum Gasteiger partial charge on any atom is -0.497 e. The van der Waals surface area contributed by atoms with Crippen LogP contribution in [0.2, 0.25) is 0 Å². The van der Waals surface area contributed by atoms with Gasteiger partial charge < -0.3 is 38.2 Å². The van der Waals surface area contributed by atoms with Crippen molar-refractivity contribution in [3.63, 3.8) is 0 Å². The van der Waals surface area contributed by atoms with Gasteiger partial charge in [-0.3, -0.25) is 23.7 Å². The Morgan fingerprint density at radius 1 is 0.803 bits per heavy atom. The SMILES string of the molecule is COc1ccc(C(=O)N(CCOP(O[C@@]2(O)C[C@H](n3cc(C)c(=O)[nH]c3=O)O[C@@H]2COC(c2ccccc2)(c2ccc(OC)cc2)c2ccc(OC)cc2)N(C(C)C)C(C)C)C(C)C)cc1. The summed E-state index contributed by atoms with van der Waals surface area (Å²) in [7, 11) is 2.69. The van der Waals surface area contributed by atoms with Gasteiger partial charge in [-0.15, -0.1) is 0 Å². The molecule has 66 heavy (non-hydrogen) atoms. The first-order chi connectivity index (χ1) is 31.5. The molecule has 0 bridgehead atoms. The number of carbonyl (C=O) groups excluding carboxylic acids is 1. The zero-order chi connectivity index (χ0) is 47.8. The van der Waals surface area contributed by atoms with E-state index in [0.29, 0.717) is 22.8 Å². The molecule has 1 amide bonds. The van der Waals surface area contributed by atoms with E-state index in [1.165, 1.54) is 10.8 Å². The molecule has 1 saturated heterocycles. The van der Waals surface area contributed by atoms with Gasteiger partial charge in [-0.05, 0) is 114 Å². The number of hydrogen-bond acceptors (Lipinski definition) is 12. The second-order valence-corrected chi connectivity index (χ2v) is 18.4. The van der Waals surface area contributed by atoms with Gasteiger partial charge in [0, 0.05) is 42.0 Å². The summed E-state index contributed by atoms with van der Waals surface area (Å²) >= 11 is 0. The van der Waals surface area contributed by atoms with Crippen LogP contribution in [0, 0.1) is 6.92 Å². The summed E-state index contributed by atoms with van der Waals surface area (Å²) in [5.74, 6) is -0.371. The van der Waals surface area contributed by atoms with E-state index >= 15 is 0 Å². The fraction of sp³-hybridized carbons (Fsp3) is 0.420. The fourth-order valence-corrected chi connectivity index (χ4v) is 9.92. The Hall–Kier alpha value is -5.38. The number of ether oxygens (including phenoxy) is 5. The van der Waals surface area contributed by atoms with Gasteiger partial charge in [-0.2, -0.15) is 0 Å². The number of H-pyrrole nitrogens is 1. The fourth-order valence-electron chi connectivity index (χ4n) is 8.19. The second-order valence-electron chi connectivity index (χ2n) is 17.0. The summed E-state index contributed by atoms with van der Waals surface area (Å²) in [4.78, 5) is 43.8. The number of rotatable bonds is 21. The standard InChI is InChI=1S/C50H63N4O11P/c1-33(2)52(47(56)37-16-22-41(59-8)23-17-37)28-29-63-66(54(34(3)4)35(5)6)65-49(58)30-45(53-31-36(7)46(55)51-48(53)57)64-44(49)32-62-50(38-14-12-11-13-15-38,39-18-24-42(60-9)25-19-39)40-20-26-43(61-10)27-21-40/h11-27,31,33-35,44-45,58H,28-30,32H2,1-10H3,(H,51,55,57)/t44-,45-,49+,66?/m1/s1. The van der Waals surface area contributed by atoms with Gasteiger partial charge >= 0.3 is 5.69 Å². The monoisotopic (exact) mass is 926 g/mol. The molecule has 1 aliphatic rings. The Morgan fingerprint density at radius 3 is 1.82 bits per heavy atom. The summed E-state index contributed by atoms with van der Waals surface area (Å²) in [5, 5.41) is 13.1. The lowest BCUT2D eigenvalue weighted by molar-refractivity contribution is -0.201. The molecule has 1 aliphatic heterocycles. The number of nitrogens with zero attached hydrogens (tertiary/aromatic N) is 3. The zero-order valence-electron chi connectivity index (χ0n) is 39.4. The van der Waals surface area contributed by atoms with Crippen LogP contribution >= 0.6 is 8.53 Å². The first-order valence-electron chi connectivity index (χ1n) is 22.1. The Labute approximate surface area is 388 Å². The van der Waals surface area contributed by atoms with Crippen LogP contribution in [-0.2, 0) is 24.1 Å². The highest BCUT2D eigenvalue weighted by atomic mass is 31.2. The third-order valence-electron chi connectivity index (χ3n) is 11.6. The molecule has 0 saturated carbocycles. The highest BCUT2D eigenvalue weighted by Gasteiger charge is 2.54. The van der Waals surface area contributed by atoms with Crippen LogP contribution < -0.4 is 25.5 Å². The average Bonchev–Trinajstić information content (AvgIpc) is 3.64. The summed E-state index contributed by atoms with van der Waals surface area (Å²) in [6.07, 6.45) is -1.16. The van der Waals surface area contributed by atoms with Crippen molar-refractivity contribution in [3.8, 4) is 17.2 Å². The summed E-state index contributed by atoms with van der Waals surface area (Å²) < 4.78 is 47.1.